The minimum absolute atomic E-state index is 0.103. The Morgan fingerprint density at radius 1 is 1.04 bits per heavy atom. The SMILES string of the molecule is O=[N+]([O-])c1ccc(CCNc2nnc(Br)c3ccccc23)cc1. The van der Waals surface area contributed by atoms with Crippen LogP contribution in [-0.2, 0) is 6.42 Å². The number of nitro groups is 1. The lowest BCUT2D eigenvalue weighted by Gasteiger charge is -2.09. The van der Waals surface area contributed by atoms with E-state index in [1.165, 1.54) is 12.1 Å². The largest absolute Gasteiger partial charge is 0.368 e. The topological polar surface area (TPSA) is 81.0 Å². The van der Waals surface area contributed by atoms with Crippen LogP contribution < -0.4 is 5.32 Å². The summed E-state index contributed by atoms with van der Waals surface area (Å²) >= 11 is 3.40. The lowest BCUT2D eigenvalue weighted by atomic mass is 10.1. The summed E-state index contributed by atoms with van der Waals surface area (Å²) in [5, 5.41) is 24.2. The van der Waals surface area contributed by atoms with Crippen LogP contribution in [0.5, 0.6) is 0 Å². The van der Waals surface area contributed by atoms with Gasteiger partial charge in [-0.2, -0.15) is 0 Å². The molecule has 0 aliphatic carbocycles. The number of hydrogen-bond acceptors (Lipinski definition) is 5. The van der Waals surface area contributed by atoms with Crippen molar-refractivity contribution in [2.24, 2.45) is 0 Å². The molecule has 0 fully saturated rings. The van der Waals surface area contributed by atoms with Crippen molar-refractivity contribution >= 4 is 38.2 Å². The van der Waals surface area contributed by atoms with Crippen molar-refractivity contribution in [3.63, 3.8) is 0 Å². The van der Waals surface area contributed by atoms with Crippen LogP contribution in [0.1, 0.15) is 5.56 Å². The minimum atomic E-state index is -0.397. The Morgan fingerprint density at radius 2 is 1.74 bits per heavy atom. The van der Waals surface area contributed by atoms with Crippen LogP contribution >= 0.6 is 15.9 Å². The van der Waals surface area contributed by atoms with Crippen LogP contribution in [0.2, 0.25) is 0 Å². The zero-order chi connectivity index (χ0) is 16.2. The number of fused-ring (bicyclic) bond motifs is 1. The van der Waals surface area contributed by atoms with E-state index in [-0.39, 0.29) is 5.69 Å². The second-order valence-corrected chi connectivity index (χ2v) is 5.74. The number of nitrogens with one attached hydrogen (secondary N) is 1. The maximum atomic E-state index is 10.6. The minimum Gasteiger partial charge on any atom is -0.368 e. The molecule has 0 radical (unpaired) electrons. The second kappa shape index (κ2) is 6.70. The predicted octanol–water partition coefficient (Wildman–Crippen LogP) is 3.96. The van der Waals surface area contributed by atoms with Gasteiger partial charge in [-0.25, -0.2) is 0 Å². The van der Waals surface area contributed by atoms with Gasteiger partial charge in [0.2, 0.25) is 0 Å². The summed E-state index contributed by atoms with van der Waals surface area (Å²) in [5.74, 6) is 0.728. The van der Waals surface area contributed by atoms with Crippen molar-refractivity contribution in [2.75, 3.05) is 11.9 Å². The molecule has 116 valence electrons. The van der Waals surface area contributed by atoms with Gasteiger partial charge in [0, 0.05) is 29.4 Å². The molecule has 0 bridgehead atoms. The fourth-order valence-corrected chi connectivity index (χ4v) is 2.74. The van der Waals surface area contributed by atoms with E-state index in [2.05, 4.69) is 31.4 Å². The van der Waals surface area contributed by atoms with Gasteiger partial charge in [0.25, 0.3) is 5.69 Å². The van der Waals surface area contributed by atoms with Gasteiger partial charge >= 0.3 is 0 Å². The van der Waals surface area contributed by atoms with Gasteiger partial charge < -0.3 is 5.32 Å². The van der Waals surface area contributed by atoms with E-state index in [0.717, 1.165) is 28.6 Å². The molecule has 1 heterocycles. The maximum Gasteiger partial charge on any atom is 0.269 e. The van der Waals surface area contributed by atoms with Crippen LogP contribution in [0.4, 0.5) is 11.5 Å². The second-order valence-electron chi connectivity index (χ2n) is 4.99. The highest BCUT2D eigenvalue weighted by atomic mass is 79.9. The summed E-state index contributed by atoms with van der Waals surface area (Å²) in [6.07, 6.45) is 0.740. The standard InChI is InChI=1S/C16H13BrN4O2/c17-15-13-3-1-2-4-14(13)16(20-19-15)18-10-9-11-5-7-12(8-6-11)21(22)23/h1-8H,9-10H2,(H,18,20). The number of benzene rings is 2. The molecule has 0 saturated carbocycles. The van der Waals surface area contributed by atoms with Gasteiger partial charge in [0.05, 0.1) is 4.92 Å². The summed E-state index contributed by atoms with van der Waals surface area (Å²) in [5.41, 5.74) is 1.13. The molecule has 0 atom stereocenters. The van der Waals surface area contributed by atoms with Crippen LogP contribution in [-0.4, -0.2) is 21.7 Å². The fraction of sp³-hybridized carbons (Fsp3) is 0.125. The first-order chi connectivity index (χ1) is 11.1. The molecule has 1 aromatic heterocycles. The number of anilines is 1. The molecule has 0 aliphatic heterocycles. The molecular weight excluding hydrogens is 360 g/mol. The highest BCUT2D eigenvalue weighted by Crippen LogP contribution is 2.25. The average Bonchev–Trinajstić information content (AvgIpc) is 2.58. The Hall–Kier alpha value is -2.54. The summed E-state index contributed by atoms with van der Waals surface area (Å²) in [6.45, 7) is 0.665. The van der Waals surface area contributed by atoms with Crippen molar-refractivity contribution in [1.82, 2.24) is 10.2 Å². The molecule has 1 N–H and O–H groups in total. The number of halogens is 1. The number of aromatic nitrogens is 2. The lowest BCUT2D eigenvalue weighted by Crippen LogP contribution is -2.07. The van der Waals surface area contributed by atoms with Crippen molar-refractivity contribution in [1.29, 1.82) is 0 Å². The normalized spacial score (nSPS) is 10.7. The van der Waals surface area contributed by atoms with E-state index in [4.69, 9.17) is 0 Å². The molecular formula is C16H13BrN4O2. The summed E-state index contributed by atoms with van der Waals surface area (Å²) in [4.78, 5) is 10.2. The quantitative estimate of drug-likeness (QED) is 0.541. The first-order valence-electron chi connectivity index (χ1n) is 7.03. The zero-order valence-electron chi connectivity index (χ0n) is 12.1. The molecule has 3 aromatic rings. The monoisotopic (exact) mass is 372 g/mol. The molecule has 23 heavy (non-hydrogen) atoms. The number of nitro benzene ring substituents is 1. The maximum absolute atomic E-state index is 10.6. The highest BCUT2D eigenvalue weighted by Gasteiger charge is 2.07. The predicted molar refractivity (Wildman–Crippen MR) is 92.5 cm³/mol. The smallest absolute Gasteiger partial charge is 0.269 e. The Bertz CT molecular complexity index is 852. The van der Waals surface area contributed by atoms with Crippen molar-refractivity contribution in [3.8, 4) is 0 Å². The summed E-state index contributed by atoms with van der Waals surface area (Å²) in [6, 6.07) is 14.5. The van der Waals surface area contributed by atoms with E-state index in [0.29, 0.717) is 11.1 Å². The summed E-state index contributed by atoms with van der Waals surface area (Å²) in [7, 11) is 0. The third-order valence-corrected chi connectivity index (χ3v) is 4.08. The van der Waals surface area contributed by atoms with Crippen molar-refractivity contribution in [2.45, 2.75) is 6.42 Å². The van der Waals surface area contributed by atoms with Gasteiger partial charge in [0.15, 0.2) is 5.82 Å². The van der Waals surface area contributed by atoms with Gasteiger partial charge in [-0.15, -0.1) is 10.2 Å². The fourth-order valence-electron chi connectivity index (χ4n) is 2.31. The van der Waals surface area contributed by atoms with Gasteiger partial charge in [0.1, 0.15) is 4.60 Å². The van der Waals surface area contributed by atoms with E-state index in [1.807, 2.05) is 24.3 Å². The van der Waals surface area contributed by atoms with Crippen molar-refractivity contribution in [3.05, 3.63) is 68.8 Å². The average molecular weight is 373 g/mol. The van der Waals surface area contributed by atoms with Crippen LogP contribution in [0.25, 0.3) is 10.8 Å². The Morgan fingerprint density at radius 3 is 2.43 bits per heavy atom. The Kier molecular flexibility index (Phi) is 4.47. The molecule has 0 unspecified atom stereocenters. The van der Waals surface area contributed by atoms with Crippen molar-refractivity contribution < 1.29 is 4.92 Å². The van der Waals surface area contributed by atoms with Crippen LogP contribution in [0.3, 0.4) is 0 Å². The third-order valence-electron chi connectivity index (χ3n) is 3.50. The summed E-state index contributed by atoms with van der Waals surface area (Å²) < 4.78 is 0.717. The van der Waals surface area contributed by atoms with Gasteiger partial charge in [-0.3, -0.25) is 10.1 Å². The molecule has 0 spiro atoms. The Labute approximate surface area is 140 Å². The molecule has 0 saturated heterocycles. The molecule has 2 aromatic carbocycles. The van der Waals surface area contributed by atoms with Gasteiger partial charge in [-0.05, 0) is 27.9 Å². The molecule has 7 heteroatoms. The van der Waals surface area contributed by atoms with Gasteiger partial charge in [-0.1, -0.05) is 36.4 Å². The lowest BCUT2D eigenvalue weighted by molar-refractivity contribution is -0.384. The zero-order valence-corrected chi connectivity index (χ0v) is 13.7. The molecule has 3 rings (SSSR count). The third kappa shape index (κ3) is 3.45. The number of non-ortho nitro benzene ring substituents is 1. The van der Waals surface area contributed by atoms with E-state index in [9.17, 15) is 10.1 Å². The molecule has 0 aliphatic rings. The number of nitrogens with zero attached hydrogens (tertiary/aromatic N) is 3. The Balaban J connectivity index is 1.69. The van der Waals surface area contributed by atoms with E-state index >= 15 is 0 Å². The first kappa shape index (κ1) is 15.4. The highest BCUT2D eigenvalue weighted by molar-refractivity contribution is 9.10. The molecule has 0 amide bonds. The first-order valence-corrected chi connectivity index (χ1v) is 7.82. The molecule has 6 nitrogen and oxygen atoms in total. The van der Waals surface area contributed by atoms with E-state index in [1.54, 1.807) is 12.1 Å². The number of rotatable bonds is 5. The van der Waals surface area contributed by atoms with Crippen LogP contribution in [0.15, 0.2) is 53.1 Å². The number of hydrogen-bond donors (Lipinski definition) is 1. The van der Waals surface area contributed by atoms with E-state index < -0.39 is 4.92 Å². The van der Waals surface area contributed by atoms with Crippen LogP contribution in [0, 0.1) is 10.1 Å².